The van der Waals surface area contributed by atoms with E-state index < -0.39 is 0 Å². The van der Waals surface area contributed by atoms with Crippen LogP contribution in [0, 0.1) is 0 Å². The Morgan fingerprint density at radius 2 is 1.56 bits per heavy atom. The Labute approximate surface area is 163 Å². The van der Waals surface area contributed by atoms with Gasteiger partial charge in [-0.05, 0) is 39.4 Å². The molecule has 1 heteroatoms. The van der Waals surface area contributed by atoms with Gasteiger partial charge in [-0.25, -0.2) is 0 Å². The van der Waals surface area contributed by atoms with E-state index in [1.54, 1.807) is 0 Å². The largest absolute Gasteiger partial charge is 0.373 e. The molecule has 0 bridgehead atoms. The van der Waals surface area contributed by atoms with Gasteiger partial charge in [0.2, 0.25) is 0 Å². The standard InChI is InChI=1S/C26H30O/c1-2-3-4-5-6-11-18-27-26-19-25-21-13-8-7-12-20(21)16-17-23(25)22-14-9-10-15-24(22)26/h7-10,12-17,26H,2-6,11,18-19H2,1H3. The predicted octanol–water partition coefficient (Wildman–Crippen LogP) is 7.48. The molecule has 3 aromatic carbocycles. The zero-order valence-electron chi connectivity index (χ0n) is 16.4. The van der Waals surface area contributed by atoms with Crippen molar-refractivity contribution >= 4 is 10.8 Å². The fourth-order valence-electron chi connectivity index (χ4n) is 4.38. The molecule has 27 heavy (non-hydrogen) atoms. The highest BCUT2D eigenvalue weighted by atomic mass is 16.5. The summed E-state index contributed by atoms with van der Waals surface area (Å²) in [4.78, 5) is 0. The molecule has 1 nitrogen and oxygen atoms in total. The summed E-state index contributed by atoms with van der Waals surface area (Å²) in [6.07, 6.45) is 8.98. The van der Waals surface area contributed by atoms with E-state index in [1.165, 1.54) is 71.6 Å². The number of unbranched alkanes of at least 4 members (excludes halogenated alkanes) is 5. The van der Waals surface area contributed by atoms with Gasteiger partial charge in [-0.2, -0.15) is 0 Å². The van der Waals surface area contributed by atoms with Gasteiger partial charge >= 0.3 is 0 Å². The van der Waals surface area contributed by atoms with Crippen LogP contribution in [0.2, 0.25) is 0 Å². The van der Waals surface area contributed by atoms with Crippen LogP contribution in [0.25, 0.3) is 21.9 Å². The van der Waals surface area contributed by atoms with Crippen molar-refractivity contribution in [1.29, 1.82) is 0 Å². The fourth-order valence-corrected chi connectivity index (χ4v) is 4.38. The lowest BCUT2D eigenvalue weighted by Gasteiger charge is -2.29. The highest BCUT2D eigenvalue weighted by molar-refractivity contribution is 5.93. The van der Waals surface area contributed by atoms with E-state index in [0.29, 0.717) is 0 Å². The normalized spacial score (nSPS) is 15.5. The molecular weight excluding hydrogens is 328 g/mol. The van der Waals surface area contributed by atoms with Gasteiger partial charge in [-0.3, -0.25) is 0 Å². The Morgan fingerprint density at radius 3 is 2.48 bits per heavy atom. The molecule has 0 saturated heterocycles. The highest BCUT2D eigenvalue weighted by Crippen LogP contribution is 2.42. The molecule has 0 amide bonds. The molecule has 3 aromatic rings. The van der Waals surface area contributed by atoms with Crippen molar-refractivity contribution in [2.75, 3.05) is 6.61 Å². The van der Waals surface area contributed by atoms with Crippen LogP contribution >= 0.6 is 0 Å². The molecule has 0 aromatic heterocycles. The van der Waals surface area contributed by atoms with Crippen molar-refractivity contribution in [3.63, 3.8) is 0 Å². The molecule has 0 fully saturated rings. The van der Waals surface area contributed by atoms with E-state index >= 15 is 0 Å². The maximum Gasteiger partial charge on any atom is 0.0871 e. The summed E-state index contributed by atoms with van der Waals surface area (Å²) in [6, 6.07) is 22.1. The molecule has 4 rings (SSSR count). The van der Waals surface area contributed by atoms with E-state index in [4.69, 9.17) is 4.74 Å². The van der Waals surface area contributed by atoms with E-state index in [-0.39, 0.29) is 6.10 Å². The lowest BCUT2D eigenvalue weighted by atomic mass is 9.81. The van der Waals surface area contributed by atoms with Gasteiger partial charge in [-0.1, -0.05) is 99.7 Å². The van der Waals surface area contributed by atoms with E-state index in [0.717, 1.165) is 13.0 Å². The van der Waals surface area contributed by atoms with E-state index in [9.17, 15) is 0 Å². The van der Waals surface area contributed by atoms with E-state index in [2.05, 4.69) is 67.6 Å². The minimum absolute atomic E-state index is 0.176. The molecular formula is C26H30O. The quantitative estimate of drug-likeness (QED) is 0.379. The molecule has 1 aliphatic rings. The molecule has 1 unspecified atom stereocenters. The van der Waals surface area contributed by atoms with Gasteiger partial charge in [0.1, 0.15) is 0 Å². The van der Waals surface area contributed by atoms with Crippen molar-refractivity contribution in [3.8, 4) is 11.1 Å². The smallest absolute Gasteiger partial charge is 0.0871 e. The third kappa shape index (κ3) is 3.94. The van der Waals surface area contributed by atoms with Gasteiger partial charge in [0.25, 0.3) is 0 Å². The average molecular weight is 359 g/mol. The first-order valence-electron chi connectivity index (χ1n) is 10.6. The Kier molecular flexibility index (Phi) is 5.89. The fraction of sp³-hybridized carbons (Fsp3) is 0.385. The maximum atomic E-state index is 6.42. The first-order valence-corrected chi connectivity index (χ1v) is 10.6. The van der Waals surface area contributed by atoms with Crippen LogP contribution in [0.1, 0.15) is 62.7 Å². The number of ether oxygens (including phenoxy) is 1. The SMILES string of the molecule is CCCCCCCCOC1Cc2c(ccc3ccccc23)-c2ccccc21. The summed E-state index contributed by atoms with van der Waals surface area (Å²) in [6.45, 7) is 3.14. The van der Waals surface area contributed by atoms with Crippen molar-refractivity contribution in [1.82, 2.24) is 0 Å². The average Bonchev–Trinajstić information content (AvgIpc) is 2.73. The Morgan fingerprint density at radius 1 is 0.778 bits per heavy atom. The summed E-state index contributed by atoms with van der Waals surface area (Å²) in [7, 11) is 0. The molecule has 0 N–H and O–H groups in total. The molecule has 0 saturated carbocycles. The molecule has 1 atom stereocenters. The summed E-state index contributed by atoms with van der Waals surface area (Å²) < 4.78 is 6.42. The molecule has 0 radical (unpaired) electrons. The third-order valence-corrected chi connectivity index (χ3v) is 5.84. The van der Waals surface area contributed by atoms with Gasteiger partial charge in [0.15, 0.2) is 0 Å². The second-order valence-electron chi connectivity index (χ2n) is 7.73. The Bertz CT molecular complexity index is 896. The molecule has 0 heterocycles. The van der Waals surface area contributed by atoms with Crippen LogP contribution in [0.15, 0.2) is 60.7 Å². The van der Waals surface area contributed by atoms with Crippen molar-refractivity contribution in [2.45, 2.75) is 58.0 Å². The first kappa shape index (κ1) is 18.3. The van der Waals surface area contributed by atoms with Crippen LogP contribution < -0.4 is 0 Å². The summed E-state index contributed by atoms with van der Waals surface area (Å²) in [5.74, 6) is 0. The summed E-state index contributed by atoms with van der Waals surface area (Å²) >= 11 is 0. The minimum atomic E-state index is 0.176. The first-order chi connectivity index (χ1) is 13.4. The van der Waals surface area contributed by atoms with Gasteiger partial charge < -0.3 is 4.74 Å². The summed E-state index contributed by atoms with van der Waals surface area (Å²) in [5.41, 5.74) is 5.52. The van der Waals surface area contributed by atoms with Crippen LogP contribution in [-0.2, 0) is 11.2 Å². The molecule has 1 aliphatic carbocycles. The van der Waals surface area contributed by atoms with Crippen LogP contribution in [0.3, 0.4) is 0 Å². The topological polar surface area (TPSA) is 9.23 Å². The van der Waals surface area contributed by atoms with Crippen LogP contribution in [0.4, 0.5) is 0 Å². The second-order valence-corrected chi connectivity index (χ2v) is 7.73. The highest BCUT2D eigenvalue weighted by Gasteiger charge is 2.26. The third-order valence-electron chi connectivity index (χ3n) is 5.84. The van der Waals surface area contributed by atoms with E-state index in [1.807, 2.05) is 0 Å². The van der Waals surface area contributed by atoms with Crippen molar-refractivity contribution in [2.24, 2.45) is 0 Å². The zero-order valence-corrected chi connectivity index (χ0v) is 16.4. The second kappa shape index (κ2) is 8.71. The Balaban J connectivity index is 1.53. The van der Waals surface area contributed by atoms with Crippen LogP contribution in [-0.4, -0.2) is 6.61 Å². The molecule has 0 spiro atoms. The summed E-state index contributed by atoms with van der Waals surface area (Å²) in [5, 5.41) is 2.70. The lowest BCUT2D eigenvalue weighted by molar-refractivity contribution is 0.0496. The van der Waals surface area contributed by atoms with Crippen molar-refractivity contribution in [3.05, 3.63) is 71.8 Å². The minimum Gasteiger partial charge on any atom is -0.373 e. The predicted molar refractivity (Wildman–Crippen MR) is 115 cm³/mol. The van der Waals surface area contributed by atoms with Gasteiger partial charge in [-0.15, -0.1) is 0 Å². The molecule has 0 aliphatic heterocycles. The van der Waals surface area contributed by atoms with Gasteiger partial charge in [0, 0.05) is 13.0 Å². The number of rotatable bonds is 8. The maximum absolute atomic E-state index is 6.42. The monoisotopic (exact) mass is 358 g/mol. The number of benzene rings is 3. The number of hydrogen-bond acceptors (Lipinski definition) is 1. The molecule has 140 valence electrons. The van der Waals surface area contributed by atoms with Crippen molar-refractivity contribution < 1.29 is 4.74 Å². The lowest BCUT2D eigenvalue weighted by Crippen LogP contribution is -2.15. The number of hydrogen-bond donors (Lipinski definition) is 0. The zero-order chi connectivity index (χ0) is 18.5. The van der Waals surface area contributed by atoms with Crippen LogP contribution in [0.5, 0.6) is 0 Å². The number of fused-ring (bicyclic) bond motifs is 5. The Hall–Kier alpha value is -2.12. The van der Waals surface area contributed by atoms with Gasteiger partial charge in [0.05, 0.1) is 6.10 Å².